The quantitative estimate of drug-likeness (QED) is 0.0210. The Morgan fingerprint density at radius 3 is 1.28 bits per heavy atom. The number of benzene rings is 9. The molecule has 145 heavy (non-hydrogen) atoms. The lowest BCUT2D eigenvalue weighted by atomic mass is 10.1. The van der Waals surface area contributed by atoms with Crippen LogP contribution in [0.2, 0.25) is 0 Å². The first-order valence-electron chi connectivity index (χ1n) is 48.0. The van der Waals surface area contributed by atoms with Crippen molar-refractivity contribution in [2.24, 2.45) is 10.3 Å². The van der Waals surface area contributed by atoms with E-state index >= 15 is 0 Å². The summed E-state index contributed by atoms with van der Waals surface area (Å²) in [5.74, 6) is 0.302. The lowest BCUT2D eigenvalue weighted by molar-refractivity contribution is 0.0266. The van der Waals surface area contributed by atoms with E-state index in [2.05, 4.69) is 92.5 Å². The minimum Gasteiger partial charge on any atom is -0.497 e. The van der Waals surface area contributed by atoms with E-state index < -0.39 is 28.8 Å². The number of ether oxygens (including phenoxy) is 11. The number of aromatic nitrogens is 9. The highest BCUT2D eigenvalue weighted by Gasteiger charge is 2.28. The maximum atomic E-state index is 14.5. The van der Waals surface area contributed by atoms with Crippen molar-refractivity contribution in [1.29, 1.82) is 0 Å². The zero-order valence-corrected chi connectivity index (χ0v) is 83.7. The predicted octanol–water partition coefficient (Wildman–Crippen LogP) is 17.7. The molecule has 17 aromatic rings. The Bertz CT molecular complexity index is 7190. The van der Waals surface area contributed by atoms with Crippen LogP contribution in [-0.4, -0.2) is 212 Å². The Hall–Kier alpha value is -14.7. The number of anilines is 3. The molecular formula is C107H110N16O19S3. The summed E-state index contributed by atoms with van der Waals surface area (Å²) in [6, 6.07) is 63.8. The molecule has 18 rings (SSSR count). The van der Waals surface area contributed by atoms with Gasteiger partial charge >= 0.3 is 22.8 Å². The number of nitrogens with one attached hydrogen (secondary N) is 1. The molecule has 0 saturated heterocycles. The molecule has 9 heterocycles. The van der Waals surface area contributed by atoms with Crippen molar-refractivity contribution in [3.8, 4) is 54.7 Å². The lowest BCUT2D eigenvalue weighted by Gasteiger charge is -2.30. The molecule has 8 aromatic heterocycles. The number of rotatable bonds is 52. The molecule has 1 aliphatic rings. The molecule has 38 heteroatoms. The third kappa shape index (κ3) is 25.9. The van der Waals surface area contributed by atoms with Crippen LogP contribution in [0.25, 0.3) is 95.3 Å². The van der Waals surface area contributed by atoms with E-state index in [9.17, 15) is 24.0 Å². The molecule has 0 radical (unpaired) electrons. The molecular weight excluding hydrogens is 1910 g/mol. The maximum Gasteiger partial charge on any atom is 0.346 e. The second-order valence-corrected chi connectivity index (χ2v) is 38.3. The van der Waals surface area contributed by atoms with Gasteiger partial charge in [-0.15, -0.1) is 44.2 Å². The third-order valence-electron chi connectivity index (χ3n) is 24.0. The topological polar surface area (TPSA) is 376 Å². The Kier molecular flexibility index (Phi) is 33.3. The first-order chi connectivity index (χ1) is 70.8. The highest BCUT2D eigenvalue weighted by atomic mass is 32.1. The van der Waals surface area contributed by atoms with Crippen molar-refractivity contribution in [2.75, 3.05) is 141 Å². The summed E-state index contributed by atoms with van der Waals surface area (Å²) in [4.78, 5) is 88.5. The van der Waals surface area contributed by atoms with Crippen LogP contribution in [0, 0.1) is 0 Å². The summed E-state index contributed by atoms with van der Waals surface area (Å²) in [5, 5.41) is 36.0. The molecule has 0 aliphatic carbocycles. The average molecular weight is 2020 g/mol. The van der Waals surface area contributed by atoms with Crippen molar-refractivity contribution in [2.45, 2.75) is 105 Å². The number of nitrogens with zero attached hydrogens (tertiary/aromatic N) is 15. The van der Waals surface area contributed by atoms with Gasteiger partial charge < -0.3 is 85.4 Å². The van der Waals surface area contributed by atoms with E-state index in [4.69, 9.17) is 80.3 Å². The van der Waals surface area contributed by atoms with Crippen LogP contribution >= 0.6 is 34.0 Å². The van der Waals surface area contributed by atoms with Gasteiger partial charge in [-0.2, -0.15) is 5.11 Å². The first-order valence-corrected chi connectivity index (χ1v) is 50.5. The largest absolute Gasteiger partial charge is 0.497 e. The number of para-hydroxylation sites is 3. The second kappa shape index (κ2) is 48.1. The summed E-state index contributed by atoms with van der Waals surface area (Å²) in [6.07, 6.45) is 3.77. The van der Waals surface area contributed by atoms with Crippen molar-refractivity contribution in [1.82, 2.24) is 55.3 Å². The summed E-state index contributed by atoms with van der Waals surface area (Å²) >= 11 is 4.37. The van der Waals surface area contributed by atoms with E-state index in [0.29, 0.717) is 131 Å². The number of methoxy groups -OCH3 is 1. The molecule has 35 nitrogen and oxygen atoms in total. The first kappa shape index (κ1) is 100. The van der Waals surface area contributed by atoms with Gasteiger partial charge in [0.05, 0.1) is 191 Å². The van der Waals surface area contributed by atoms with Crippen LogP contribution in [0.15, 0.2) is 257 Å². The number of hydrogen-bond acceptors (Lipinski definition) is 35. The Morgan fingerprint density at radius 2 is 0.848 bits per heavy atom. The number of amides is 1. The Labute approximate surface area is 845 Å². The van der Waals surface area contributed by atoms with Gasteiger partial charge in [-0.1, -0.05) is 76.3 Å². The van der Waals surface area contributed by atoms with Crippen LogP contribution in [0.1, 0.15) is 84.8 Å². The zero-order valence-electron chi connectivity index (χ0n) is 81.3. The molecule has 0 spiro atoms. The van der Waals surface area contributed by atoms with Crippen LogP contribution in [0.5, 0.6) is 23.0 Å². The fourth-order valence-corrected chi connectivity index (χ4v) is 19.4. The number of carbonyl (C=O) groups is 2. The SMILES string of the molecule is COc1ccc(COC(=O)c2ccc(CNC(=O)c3cc(OCCOCCOCCn4cc(CN(c5ccc6cc(-c7nc8ccccc8s7)c(=O)oc6c5)C(C)C)nn4)c(OCCOCCOCCN4CC(CN(c5ccc6cc(-c7nc8ccccc8s7)c(=O)oc6c5)C(C)C)N=N4)c(OCCOCCOCCn4cc(CN(c5ccc6cc(-c7nc8ccccc8s7)c(=O)oc6c5)C(C)C)nn4)c3)cc2)cc1. The number of thiazole rings is 3. The van der Waals surface area contributed by atoms with Gasteiger partial charge in [0, 0.05) is 88.2 Å². The molecule has 1 amide bonds. The lowest BCUT2D eigenvalue weighted by Crippen LogP contribution is -2.39. The number of esters is 1. The van der Waals surface area contributed by atoms with Crippen molar-refractivity contribution < 1.29 is 74.9 Å². The van der Waals surface area contributed by atoms with E-state index in [0.717, 1.165) is 80.8 Å². The smallest absolute Gasteiger partial charge is 0.346 e. The number of carbonyl (C=O) groups excluding carboxylic acids is 2. The minimum absolute atomic E-state index is 0.0257. The molecule has 1 atom stereocenters. The molecule has 1 N–H and O–H groups in total. The fraction of sp³-hybridized carbons (Fsp3) is 0.327. The van der Waals surface area contributed by atoms with Crippen LogP contribution in [0.3, 0.4) is 0 Å². The number of hydrogen-bond donors (Lipinski definition) is 1. The van der Waals surface area contributed by atoms with Gasteiger partial charge in [-0.25, -0.2) is 43.5 Å². The fourth-order valence-electron chi connectivity index (χ4n) is 16.5. The van der Waals surface area contributed by atoms with E-state index in [1.807, 2.05) is 175 Å². The van der Waals surface area contributed by atoms with Gasteiger partial charge in [0.2, 0.25) is 5.75 Å². The van der Waals surface area contributed by atoms with Crippen molar-refractivity contribution in [3.63, 3.8) is 0 Å². The molecule has 0 fully saturated rings. The molecule has 1 unspecified atom stereocenters. The van der Waals surface area contributed by atoms with E-state index in [-0.39, 0.29) is 139 Å². The van der Waals surface area contributed by atoms with E-state index in [1.165, 1.54) is 34.0 Å². The highest BCUT2D eigenvalue weighted by Crippen LogP contribution is 2.41. The summed E-state index contributed by atoms with van der Waals surface area (Å²) in [7, 11) is 1.58. The highest BCUT2D eigenvalue weighted by molar-refractivity contribution is 7.22. The molecule has 0 saturated carbocycles. The molecule has 0 bridgehead atoms. The molecule has 750 valence electrons. The van der Waals surface area contributed by atoms with Gasteiger partial charge in [0.1, 0.15) is 81.4 Å². The standard InChI is InChI=1S/C107H110N16O19S3/c1-68(2)121(81-29-26-74-52-85(105(126)140-91(74)57-81)101-109-88-14-8-11-17-96(88)143-101)64-78-61-118(115-112-78)34-37-130-40-43-133-46-49-136-94-55-77(100(124)108-60-71-20-24-73(25-21-71)104(125)139-67-72-22-32-84(129-7)33-23-72)56-95(137-50-47-134-44-41-131-38-35-119-62-79(113-116-119)65-122(69(3)4)82-30-27-75-53-86(106(127)141-92(75)58-82)102-110-89-15-9-12-18-97(89)144-102)99(94)138-51-48-135-45-42-132-39-36-120-63-80(114-117-120)66-123(70(5)6)83-31-28-76-54-87(107(128)142-93(76)59-83)103-111-90-16-10-13-19-98(90)145-103/h8-33,52-59,61-62,68-70,80H,34-51,60,63-67H2,1-7H3,(H,108,124). The van der Waals surface area contributed by atoms with Crippen molar-refractivity contribution >= 4 is 127 Å². The Balaban J connectivity index is 0.485. The van der Waals surface area contributed by atoms with Gasteiger partial charge in [-0.3, -0.25) is 9.80 Å². The van der Waals surface area contributed by atoms with Gasteiger partial charge in [-0.05, 0) is 180 Å². The normalized spacial score (nSPS) is 12.7. The summed E-state index contributed by atoms with van der Waals surface area (Å²) in [6.45, 7) is 19.1. The van der Waals surface area contributed by atoms with Gasteiger partial charge in [0.15, 0.2) is 11.5 Å². The van der Waals surface area contributed by atoms with Crippen LogP contribution in [0.4, 0.5) is 17.1 Å². The van der Waals surface area contributed by atoms with Gasteiger partial charge in [0.25, 0.3) is 5.91 Å². The third-order valence-corrected chi connectivity index (χ3v) is 27.3. The summed E-state index contributed by atoms with van der Waals surface area (Å²) < 4.78 is 90.9. The molecule has 1 aliphatic heterocycles. The second-order valence-electron chi connectivity index (χ2n) is 35.2. The van der Waals surface area contributed by atoms with Crippen molar-refractivity contribution in [3.05, 3.63) is 284 Å². The number of fused-ring (bicyclic) bond motifs is 6. The molecule has 9 aromatic carbocycles. The zero-order chi connectivity index (χ0) is 100. The van der Waals surface area contributed by atoms with Crippen LogP contribution in [-0.2, 0) is 72.5 Å². The minimum atomic E-state index is -0.505. The average Bonchev–Trinajstić information content (AvgIpc) is 1.67. The monoisotopic (exact) mass is 2020 g/mol. The summed E-state index contributed by atoms with van der Waals surface area (Å²) in [5.41, 5.74) is 9.97. The van der Waals surface area contributed by atoms with E-state index in [1.54, 1.807) is 65.0 Å². The van der Waals surface area contributed by atoms with Crippen LogP contribution < -0.4 is 55.8 Å². The predicted molar refractivity (Wildman–Crippen MR) is 556 cm³/mol. The Morgan fingerprint density at radius 1 is 0.441 bits per heavy atom. The maximum absolute atomic E-state index is 14.5.